The SMILES string of the molecule is F[B-](F)(F)F.c1ccc(COC[C@H]2OC([P+](c3ccccc3)(c3ccccc3)c3ccccc3)C[C@@H](OCc3ccccc3)[C@H]2OCc2ccccc2)cc1. The van der Waals surface area contributed by atoms with Crippen LogP contribution in [0.1, 0.15) is 23.1 Å². The van der Waals surface area contributed by atoms with Crippen LogP contribution in [-0.2, 0) is 38.8 Å². The summed E-state index contributed by atoms with van der Waals surface area (Å²) in [4.78, 5) is 0. The summed E-state index contributed by atoms with van der Waals surface area (Å²) in [6.45, 7) is 1.79. The second-order valence-electron chi connectivity index (χ2n) is 13.2. The lowest BCUT2D eigenvalue weighted by Gasteiger charge is -2.45. The molecule has 1 aliphatic heterocycles. The van der Waals surface area contributed by atoms with Gasteiger partial charge in [0.1, 0.15) is 35.4 Å². The van der Waals surface area contributed by atoms with E-state index in [0.717, 1.165) is 16.7 Å². The summed E-state index contributed by atoms with van der Waals surface area (Å²) in [5.74, 6) is -0.197. The fraction of sp³-hybridized carbons (Fsp3) is 0.200. The Morgan fingerprint density at radius 1 is 0.491 bits per heavy atom. The third-order valence-electron chi connectivity index (χ3n) is 9.41. The fourth-order valence-electron chi connectivity index (χ4n) is 7.01. The molecule has 0 radical (unpaired) electrons. The molecule has 1 heterocycles. The first kappa shape index (κ1) is 40.0. The molecule has 4 nitrogen and oxygen atoms in total. The van der Waals surface area contributed by atoms with Gasteiger partial charge >= 0.3 is 7.25 Å². The largest absolute Gasteiger partial charge is 0.673 e. The lowest BCUT2D eigenvalue weighted by Crippen LogP contribution is -2.55. The molecule has 4 atom stereocenters. The first-order chi connectivity index (χ1) is 26.8. The number of rotatable bonds is 14. The van der Waals surface area contributed by atoms with Crippen molar-refractivity contribution < 1.29 is 36.2 Å². The van der Waals surface area contributed by atoms with E-state index in [2.05, 4.69) is 140 Å². The molecule has 0 amide bonds. The molecule has 0 spiro atoms. The van der Waals surface area contributed by atoms with Gasteiger partial charge in [0, 0.05) is 6.42 Å². The molecule has 0 aliphatic carbocycles. The highest BCUT2D eigenvalue weighted by Gasteiger charge is 2.58. The van der Waals surface area contributed by atoms with Gasteiger partial charge in [0.2, 0.25) is 0 Å². The van der Waals surface area contributed by atoms with Gasteiger partial charge < -0.3 is 36.2 Å². The van der Waals surface area contributed by atoms with E-state index in [0.29, 0.717) is 32.8 Å². The molecule has 284 valence electrons. The van der Waals surface area contributed by atoms with Gasteiger partial charge in [-0.15, -0.1) is 0 Å². The van der Waals surface area contributed by atoms with Crippen LogP contribution < -0.4 is 15.9 Å². The first-order valence-electron chi connectivity index (χ1n) is 18.3. The van der Waals surface area contributed by atoms with E-state index in [9.17, 15) is 17.3 Å². The Bertz CT molecular complexity index is 1860. The van der Waals surface area contributed by atoms with Crippen molar-refractivity contribution >= 4 is 30.4 Å². The predicted molar refractivity (Wildman–Crippen MR) is 215 cm³/mol. The Hall–Kier alpha value is -4.63. The zero-order valence-corrected chi connectivity index (χ0v) is 31.2. The highest BCUT2D eigenvalue weighted by atomic mass is 31.2. The zero-order chi connectivity index (χ0) is 38.4. The van der Waals surface area contributed by atoms with Crippen molar-refractivity contribution in [2.45, 2.75) is 50.4 Å². The van der Waals surface area contributed by atoms with E-state index in [1.54, 1.807) is 0 Å². The normalized spacial score (nSPS) is 18.5. The summed E-state index contributed by atoms with van der Waals surface area (Å²) >= 11 is 0. The van der Waals surface area contributed by atoms with Crippen LogP contribution in [0.15, 0.2) is 182 Å². The minimum atomic E-state index is -6.00. The van der Waals surface area contributed by atoms with E-state index in [-0.39, 0.29) is 24.2 Å². The van der Waals surface area contributed by atoms with Crippen LogP contribution in [0.25, 0.3) is 0 Å². The van der Waals surface area contributed by atoms with Crippen LogP contribution in [0.2, 0.25) is 0 Å². The molecule has 6 aromatic rings. The molecule has 0 bridgehead atoms. The Morgan fingerprint density at radius 3 is 1.24 bits per heavy atom. The van der Waals surface area contributed by atoms with Crippen molar-refractivity contribution in [2.75, 3.05) is 6.61 Å². The van der Waals surface area contributed by atoms with Gasteiger partial charge in [-0.1, -0.05) is 146 Å². The Labute approximate surface area is 321 Å². The average molecular weight is 767 g/mol. The fourth-order valence-corrected chi connectivity index (χ4v) is 11.7. The summed E-state index contributed by atoms with van der Waals surface area (Å²) in [6.07, 6.45) is -0.320. The quantitative estimate of drug-likeness (QED) is 0.0629. The molecule has 1 saturated heterocycles. The summed E-state index contributed by atoms with van der Waals surface area (Å²) in [6, 6.07) is 63.8. The van der Waals surface area contributed by atoms with E-state index >= 15 is 0 Å². The Morgan fingerprint density at radius 2 is 0.836 bits per heavy atom. The molecule has 6 aromatic carbocycles. The molecule has 10 heteroatoms. The van der Waals surface area contributed by atoms with Crippen molar-refractivity contribution in [1.82, 2.24) is 0 Å². The van der Waals surface area contributed by atoms with Crippen LogP contribution in [0.4, 0.5) is 17.3 Å². The number of hydrogen-bond acceptors (Lipinski definition) is 4. The van der Waals surface area contributed by atoms with Gasteiger partial charge in [-0.3, -0.25) is 0 Å². The van der Waals surface area contributed by atoms with Gasteiger partial charge in [0.25, 0.3) is 0 Å². The van der Waals surface area contributed by atoms with Crippen molar-refractivity contribution in [3.63, 3.8) is 0 Å². The van der Waals surface area contributed by atoms with Crippen LogP contribution in [0, 0.1) is 0 Å². The van der Waals surface area contributed by atoms with Crippen molar-refractivity contribution in [3.05, 3.63) is 199 Å². The number of ether oxygens (including phenoxy) is 4. The molecule has 0 aromatic heterocycles. The summed E-state index contributed by atoms with van der Waals surface area (Å²) in [7, 11) is -8.41. The predicted octanol–water partition coefficient (Wildman–Crippen LogP) is 9.78. The van der Waals surface area contributed by atoms with Crippen molar-refractivity contribution in [2.24, 2.45) is 0 Å². The van der Waals surface area contributed by atoms with Crippen LogP contribution in [-0.4, -0.2) is 38.0 Å². The Balaban J connectivity index is 0.000000967. The second-order valence-corrected chi connectivity index (χ2v) is 16.8. The van der Waals surface area contributed by atoms with Gasteiger partial charge in [-0.05, 0) is 53.1 Å². The van der Waals surface area contributed by atoms with Crippen LogP contribution in [0.3, 0.4) is 0 Å². The molecule has 1 aliphatic rings. The number of hydrogen-bond donors (Lipinski definition) is 0. The van der Waals surface area contributed by atoms with Crippen molar-refractivity contribution in [3.8, 4) is 0 Å². The smallest absolute Gasteiger partial charge is 0.418 e. The van der Waals surface area contributed by atoms with E-state index in [4.69, 9.17) is 18.9 Å². The maximum absolute atomic E-state index is 9.75. The van der Waals surface area contributed by atoms with Gasteiger partial charge in [-0.25, -0.2) is 0 Å². The molecule has 0 saturated carbocycles. The lowest BCUT2D eigenvalue weighted by molar-refractivity contribution is -0.205. The topological polar surface area (TPSA) is 36.9 Å². The maximum Gasteiger partial charge on any atom is 0.673 e. The van der Waals surface area contributed by atoms with Gasteiger partial charge in [-0.2, -0.15) is 0 Å². The number of halogens is 4. The maximum atomic E-state index is 9.75. The van der Waals surface area contributed by atoms with E-state index in [1.165, 1.54) is 15.9 Å². The van der Waals surface area contributed by atoms with Crippen LogP contribution >= 0.6 is 7.26 Å². The summed E-state index contributed by atoms with van der Waals surface area (Å²) in [5.41, 5.74) is 3.36. The standard InChI is InChI=1S/C45H44O4P.BF4/c1-7-19-36(20-8-1)32-46-35-43-45(48-34-38-23-11-3-12-24-38)42(47-33-37-21-9-2-10-22-37)31-44(49-43)50(39-25-13-4-14-26-39,40-27-15-5-16-28-40)41-29-17-6-18-30-41;2-1(3,4)5/h1-30,42-45H,31-35H2;/q+1;-1/t42-,43-,44?,45-;/m1./s1. The average Bonchev–Trinajstić information content (AvgIpc) is 3.22. The van der Waals surface area contributed by atoms with E-state index < -0.39 is 14.5 Å². The molecule has 55 heavy (non-hydrogen) atoms. The highest BCUT2D eigenvalue weighted by Crippen LogP contribution is 2.63. The minimum absolute atomic E-state index is 0.197. The third-order valence-corrected chi connectivity index (χ3v) is 13.9. The van der Waals surface area contributed by atoms with Crippen molar-refractivity contribution in [1.29, 1.82) is 0 Å². The molecule has 0 N–H and O–H groups in total. The molecular formula is C45H44BF4O4P. The monoisotopic (exact) mass is 766 g/mol. The lowest BCUT2D eigenvalue weighted by atomic mass is 10.0. The minimum Gasteiger partial charge on any atom is -0.418 e. The van der Waals surface area contributed by atoms with E-state index in [1.807, 2.05) is 42.5 Å². The van der Waals surface area contributed by atoms with Gasteiger partial charge in [0.15, 0.2) is 5.85 Å². The summed E-state index contributed by atoms with van der Waals surface area (Å²) in [5, 5.41) is 3.82. The van der Waals surface area contributed by atoms with Crippen LogP contribution in [0.5, 0.6) is 0 Å². The van der Waals surface area contributed by atoms with Gasteiger partial charge in [0.05, 0.1) is 32.5 Å². The molecular weight excluding hydrogens is 722 g/mol. The summed E-state index contributed by atoms with van der Waals surface area (Å²) < 4.78 is 66.7. The molecule has 1 fully saturated rings. The second kappa shape index (κ2) is 19.8. The first-order valence-corrected chi connectivity index (χ1v) is 20.2. The third kappa shape index (κ3) is 11.2. The highest BCUT2D eigenvalue weighted by molar-refractivity contribution is 7.96. The Kier molecular flexibility index (Phi) is 14.4. The zero-order valence-electron chi connectivity index (χ0n) is 30.3. The number of benzene rings is 6. The molecule has 1 unspecified atom stereocenters. The molecule has 7 rings (SSSR count).